The highest BCUT2D eigenvalue weighted by Crippen LogP contribution is 2.62. The zero-order valence-electron chi connectivity index (χ0n) is 22.9. The maximum absolute atomic E-state index is 10.3. The van der Waals surface area contributed by atoms with Gasteiger partial charge < -0.3 is 15.3 Å². The van der Waals surface area contributed by atoms with Gasteiger partial charge in [-0.05, 0) is 98.2 Å². The molecule has 3 nitrogen and oxygen atoms in total. The SMILES string of the molecule is C=C1/C(=C/C=C2\C[C@@H](c3ccccc3)C[C@]3(C)[C@@H]([C@H](C)CCCC(C)(C)O)CC[C@@H]23)C[C@@H](O)C[C@@H]1O. The molecule has 3 fully saturated rings. The largest absolute Gasteiger partial charge is 0.393 e. The van der Waals surface area contributed by atoms with Gasteiger partial charge >= 0.3 is 0 Å². The van der Waals surface area contributed by atoms with Crippen molar-refractivity contribution in [2.24, 2.45) is 23.2 Å². The Hall–Kier alpha value is -1.68. The Bertz CT molecular complexity index is 968. The fourth-order valence-corrected chi connectivity index (χ4v) is 7.80. The van der Waals surface area contributed by atoms with Crippen LogP contribution in [0.5, 0.6) is 0 Å². The molecule has 0 aliphatic heterocycles. The zero-order chi connectivity index (χ0) is 26.1. The number of hydrogen-bond donors (Lipinski definition) is 3. The molecule has 3 aliphatic carbocycles. The topological polar surface area (TPSA) is 60.7 Å². The number of allylic oxidation sites excluding steroid dienone is 3. The molecule has 3 N–H and O–H groups in total. The van der Waals surface area contributed by atoms with Gasteiger partial charge in [0.15, 0.2) is 0 Å². The van der Waals surface area contributed by atoms with Crippen LogP contribution in [0.4, 0.5) is 0 Å². The highest BCUT2D eigenvalue weighted by atomic mass is 16.3. The summed E-state index contributed by atoms with van der Waals surface area (Å²) in [6, 6.07) is 11.0. The first-order valence-corrected chi connectivity index (χ1v) is 14.2. The molecule has 0 amide bonds. The van der Waals surface area contributed by atoms with Crippen LogP contribution in [0.1, 0.15) is 97.0 Å². The maximum Gasteiger partial charge on any atom is 0.0811 e. The smallest absolute Gasteiger partial charge is 0.0811 e. The third-order valence-corrected chi connectivity index (χ3v) is 9.70. The minimum atomic E-state index is -0.646. The summed E-state index contributed by atoms with van der Waals surface area (Å²) in [6.07, 6.45) is 12.2. The molecule has 198 valence electrons. The van der Waals surface area contributed by atoms with E-state index in [0.29, 0.717) is 36.5 Å². The van der Waals surface area contributed by atoms with Gasteiger partial charge in [-0.15, -0.1) is 0 Å². The highest BCUT2D eigenvalue weighted by Gasteiger charge is 2.52. The second-order valence-electron chi connectivity index (χ2n) is 13.0. The van der Waals surface area contributed by atoms with E-state index in [4.69, 9.17) is 0 Å². The second kappa shape index (κ2) is 11.0. The van der Waals surface area contributed by atoms with Crippen molar-refractivity contribution >= 4 is 0 Å². The molecule has 0 unspecified atom stereocenters. The van der Waals surface area contributed by atoms with Crippen LogP contribution >= 0.6 is 0 Å². The number of aliphatic hydroxyl groups is 3. The molecule has 1 aromatic rings. The third-order valence-electron chi connectivity index (χ3n) is 9.70. The van der Waals surface area contributed by atoms with Gasteiger partial charge in [-0.1, -0.05) is 81.3 Å². The van der Waals surface area contributed by atoms with Crippen LogP contribution in [0, 0.1) is 23.2 Å². The predicted octanol–water partition coefficient (Wildman–Crippen LogP) is 7.10. The summed E-state index contributed by atoms with van der Waals surface area (Å²) in [5.41, 5.74) is 4.38. The average molecular weight is 493 g/mol. The Balaban J connectivity index is 1.61. The summed E-state index contributed by atoms with van der Waals surface area (Å²) in [5, 5.41) is 30.7. The lowest BCUT2D eigenvalue weighted by molar-refractivity contribution is 0.0578. The van der Waals surface area contributed by atoms with Crippen molar-refractivity contribution in [1.29, 1.82) is 0 Å². The van der Waals surface area contributed by atoms with Crippen molar-refractivity contribution in [3.63, 3.8) is 0 Å². The number of hydrogen-bond acceptors (Lipinski definition) is 3. The summed E-state index contributed by atoms with van der Waals surface area (Å²) in [6.45, 7) is 12.9. The molecule has 0 aromatic heterocycles. The lowest BCUT2D eigenvalue weighted by Gasteiger charge is -2.47. The van der Waals surface area contributed by atoms with Gasteiger partial charge in [-0.2, -0.15) is 0 Å². The van der Waals surface area contributed by atoms with E-state index in [-0.39, 0.29) is 5.41 Å². The molecule has 36 heavy (non-hydrogen) atoms. The minimum absolute atomic E-state index is 0.250. The van der Waals surface area contributed by atoms with E-state index in [1.54, 1.807) is 0 Å². The summed E-state index contributed by atoms with van der Waals surface area (Å²) < 4.78 is 0. The lowest BCUT2D eigenvalue weighted by atomic mass is 9.57. The second-order valence-corrected chi connectivity index (χ2v) is 13.0. The maximum atomic E-state index is 10.3. The first-order valence-electron chi connectivity index (χ1n) is 14.2. The number of fused-ring (bicyclic) bond motifs is 1. The van der Waals surface area contributed by atoms with E-state index in [2.05, 4.69) is 62.9 Å². The molecule has 0 bridgehead atoms. The Labute approximate surface area is 219 Å². The van der Waals surface area contributed by atoms with Gasteiger partial charge in [0.2, 0.25) is 0 Å². The van der Waals surface area contributed by atoms with E-state index >= 15 is 0 Å². The van der Waals surface area contributed by atoms with Gasteiger partial charge in [0.25, 0.3) is 0 Å². The van der Waals surface area contributed by atoms with Crippen molar-refractivity contribution in [3.8, 4) is 0 Å². The molecule has 7 atom stereocenters. The van der Waals surface area contributed by atoms with E-state index in [0.717, 1.165) is 30.4 Å². The highest BCUT2D eigenvalue weighted by molar-refractivity contribution is 5.39. The third kappa shape index (κ3) is 6.06. The van der Waals surface area contributed by atoms with Crippen LogP contribution in [0.3, 0.4) is 0 Å². The van der Waals surface area contributed by atoms with Crippen molar-refractivity contribution in [2.45, 2.75) is 109 Å². The van der Waals surface area contributed by atoms with Crippen LogP contribution in [0.15, 0.2) is 65.8 Å². The van der Waals surface area contributed by atoms with Gasteiger partial charge in [-0.25, -0.2) is 0 Å². The van der Waals surface area contributed by atoms with Gasteiger partial charge in [0, 0.05) is 6.42 Å². The first-order chi connectivity index (χ1) is 17.0. The van der Waals surface area contributed by atoms with Crippen LogP contribution in [-0.4, -0.2) is 33.1 Å². The molecule has 3 aliphatic rings. The van der Waals surface area contributed by atoms with Crippen LogP contribution < -0.4 is 0 Å². The van der Waals surface area contributed by atoms with Crippen molar-refractivity contribution < 1.29 is 15.3 Å². The predicted molar refractivity (Wildman–Crippen MR) is 149 cm³/mol. The summed E-state index contributed by atoms with van der Waals surface area (Å²) >= 11 is 0. The molecule has 1 aromatic carbocycles. The van der Waals surface area contributed by atoms with Gasteiger partial charge in [-0.3, -0.25) is 0 Å². The molecule has 0 radical (unpaired) electrons. The fourth-order valence-electron chi connectivity index (χ4n) is 7.80. The monoisotopic (exact) mass is 492 g/mol. The Morgan fingerprint density at radius 1 is 1.11 bits per heavy atom. The molecule has 4 rings (SSSR count). The zero-order valence-corrected chi connectivity index (χ0v) is 22.9. The van der Waals surface area contributed by atoms with E-state index < -0.39 is 17.8 Å². The van der Waals surface area contributed by atoms with E-state index in [1.165, 1.54) is 36.8 Å². The quantitative estimate of drug-likeness (QED) is 0.380. The molecular formula is C33H48O3. The van der Waals surface area contributed by atoms with Crippen LogP contribution in [0.2, 0.25) is 0 Å². The summed E-state index contributed by atoms with van der Waals surface area (Å²) in [5.74, 6) is 2.40. The number of rotatable bonds is 7. The number of aliphatic hydroxyl groups excluding tert-OH is 2. The van der Waals surface area contributed by atoms with Gasteiger partial charge in [0.05, 0.1) is 17.8 Å². The van der Waals surface area contributed by atoms with Crippen LogP contribution in [-0.2, 0) is 0 Å². The Morgan fingerprint density at radius 2 is 1.83 bits per heavy atom. The van der Waals surface area contributed by atoms with Crippen molar-refractivity contribution in [3.05, 3.63) is 71.3 Å². The molecule has 0 spiro atoms. The first kappa shape index (κ1) is 27.4. The minimum Gasteiger partial charge on any atom is -0.393 e. The van der Waals surface area contributed by atoms with E-state index in [9.17, 15) is 15.3 Å². The standard InChI is InChI=1S/C33H48O3/c1-22(10-9-17-32(3,4)36)29-15-16-30-26(14-13-25-19-28(34)20-31(35)23(25)2)18-27(21-33(29,30)5)24-11-7-6-8-12-24/h6-8,11-14,22,27-31,34-36H,2,9-10,15-21H2,1,3-5H3/b25-13+,26-14+/t22-,27-,28-,29-,30+,31+,33-/m1/s1. The molecule has 0 saturated heterocycles. The summed E-state index contributed by atoms with van der Waals surface area (Å²) in [7, 11) is 0. The average Bonchev–Trinajstić information content (AvgIpc) is 3.17. The molecule has 3 heteroatoms. The molecule has 3 saturated carbocycles. The van der Waals surface area contributed by atoms with Crippen molar-refractivity contribution in [1.82, 2.24) is 0 Å². The molecule has 0 heterocycles. The Kier molecular flexibility index (Phi) is 8.34. The molecular weight excluding hydrogens is 444 g/mol. The lowest BCUT2D eigenvalue weighted by Crippen LogP contribution is -2.38. The normalized spacial score (nSPS) is 36.3. The van der Waals surface area contributed by atoms with E-state index in [1.807, 2.05) is 13.8 Å². The van der Waals surface area contributed by atoms with Crippen molar-refractivity contribution in [2.75, 3.05) is 0 Å². The Morgan fingerprint density at radius 3 is 2.53 bits per heavy atom. The van der Waals surface area contributed by atoms with Gasteiger partial charge in [0.1, 0.15) is 0 Å². The number of benzene rings is 1. The fraction of sp³-hybridized carbons (Fsp3) is 0.636. The summed E-state index contributed by atoms with van der Waals surface area (Å²) in [4.78, 5) is 0. The van der Waals surface area contributed by atoms with Crippen LogP contribution in [0.25, 0.3) is 0 Å².